The number of phenols is 1. The number of pyridine rings is 1. The second-order valence-corrected chi connectivity index (χ2v) is 7.72. The van der Waals surface area contributed by atoms with Gasteiger partial charge in [0.2, 0.25) is 0 Å². The van der Waals surface area contributed by atoms with E-state index in [1.165, 1.54) is 6.07 Å². The number of aryl methyl sites for hydroxylation is 1. The van der Waals surface area contributed by atoms with E-state index in [1.54, 1.807) is 16.9 Å². The number of nitrogens with zero attached hydrogens (tertiary/aromatic N) is 4. The lowest BCUT2D eigenvalue weighted by atomic mass is 10.0. The van der Waals surface area contributed by atoms with Gasteiger partial charge in [0.15, 0.2) is 0 Å². The van der Waals surface area contributed by atoms with Crippen LogP contribution < -0.4 is 0 Å². The van der Waals surface area contributed by atoms with Crippen molar-refractivity contribution >= 4 is 21.9 Å². The molecular weight excluding hydrogens is 407 g/mol. The van der Waals surface area contributed by atoms with Gasteiger partial charge in [0.1, 0.15) is 22.8 Å². The van der Waals surface area contributed by atoms with Gasteiger partial charge in [-0.3, -0.25) is 9.78 Å². The number of hydrogen-bond donors (Lipinski definition) is 3. The molecule has 156 valence electrons. The number of H-pyrrole nitrogens is 2. The first-order chi connectivity index (χ1) is 15.5. The number of rotatable bonds is 3. The fraction of sp³-hybridized carbons (Fsp3) is 0.0417. The molecular formula is C24H17FN6O. The lowest BCUT2D eigenvalue weighted by molar-refractivity contribution is 0.469. The molecule has 0 fully saturated rings. The molecule has 3 N–H and O–H groups in total. The second-order valence-electron chi connectivity index (χ2n) is 7.72. The van der Waals surface area contributed by atoms with E-state index < -0.39 is 5.82 Å². The largest absolute Gasteiger partial charge is 0.508 e. The molecule has 0 bridgehead atoms. The highest BCUT2D eigenvalue weighted by molar-refractivity contribution is 6.00. The molecule has 0 saturated carbocycles. The second kappa shape index (κ2) is 6.78. The van der Waals surface area contributed by atoms with Crippen molar-refractivity contribution in [1.82, 2.24) is 29.9 Å². The standard InChI is InChI=1S/C24H17FN6O/c1-31-12-14(11-26-31)19-5-6-21-23(28-19)24(30-29-21)22-10-18-17(3-2-4-20(18)27-22)13-7-15(25)9-16(32)8-13/h2-12,27,32H,1H3,(H,29,30). The summed E-state index contributed by atoms with van der Waals surface area (Å²) in [5, 5.41) is 22.5. The highest BCUT2D eigenvalue weighted by Crippen LogP contribution is 2.35. The molecule has 0 saturated heterocycles. The zero-order valence-electron chi connectivity index (χ0n) is 17.0. The molecule has 0 atom stereocenters. The maximum atomic E-state index is 13.9. The van der Waals surface area contributed by atoms with Crippen molar-refractivity contribution in [3.05, 3.63) is 72.8 Å². The van der Waals surface area contributed by atoms with Gasteiger partial charge in [0.25, 0.3) is 0 Å². The summed E-state index contributed by atoms with van der Waals surface area (Å²) in [4.78, 5) is 8.22. The minimum atomic E-state index is -0.488. The normalized spacial score (nSPS) is 11.6. The van der Waals surface area contributed by atoms with Crippen LogP contribution in [0.4, 0.5) is 4.39 Å². The number of aromatic amines is 2. The molecule has 0 spiro atoms. The van der Waals surface area contributed by atoms with Crippen LogP contribution in [-0.2, 0) is 7.05 Å². The van der Waals surface area contributed by atoms with Crippen LogP contribution in [0.5, 0.6) is 5.75 Å². The van der Waals surface area contributed by atoms with Crippen LogP contribution in [0.2, 0.25) is 0 Å². The van der Waals surface area contributed by atoms with Gasteiger partial charge >= 0.3 is 0 Å². The number of halogens is 1. The molecule has 0 radical (unpaired) electrons. The number of hydrogen-bond acceptors (Lipinski definition) is 4. The zero-order chi connectivity index (χ0) is 21.8. The lowest BCUT2D eigenvalue weighted by Gasteiger charge is -2.05. The van der Waals surface area contributed by atoms with E-state index in [2.05, 4.69) is 20.3 Å². The van der Waals surface area contributed by atoms with Crippen molar-refractivity contribution in [2.24, 2.45) is 7.05 Å². The molecule has 4 aromatic heterocycles. The lowest BCUT2D eigenvalue weighted by Crippen LogP contribution is -1.86. The first-order valence-corrected chi connectivity index (χ1v) is 10.0. The summed E-state index contributed by atoms with van der Waals surface area (Å²) < 4.78 is 15.6. The van der Waals surface area contributed by atoms with Gasteiger partial charge in [0.05, 0.1) is 23.1 Å². The number of fused-ring (bicyclic) bond motifs is 2. The van der Waals surface area contributed by atoms with E-state index in [9.17, 15) is 9.50 Å². The highest BCUT2D eigenvalue weighted by Gasteiger charge is 2.16. The molecule has 2 aromatic carbocycles. The molecule has 6 rings (SSSR count). The first kappa shape index (κ1) is 18.3. The van der Waals surface area contributed by atoms with Gasteiger partial charge in [-0.25, -0.2) is 9.37 Å². The van der Waals surface area contributed by atoms with E-state index >= 15 is 0 Å². The fourth-order valence-corrected chi connectivity index (χ4v) is 4.07. The summed E-state index contributed by atoms with van der Waals surface area (Å²) in [6, 6.07) is 15.6. The van der Waals surface area contributed by atoms with E-state index in [1.807, 2.05) is 49.6 Å². The third-order valence-electron chi connectivity index (χ3n) is 5.52. The van der Waals surface area contributed by atoms with Gasteiger partial charge in [-0.1, -0.05) is 12.1 Å². The van der Waals surface area contributed by atoms with Gasteiger partial charge in [-0.15, -0.1) is 0 Å². The Labute approximate surface area is 181 Å². The van der Waals surface area contributed by atoms with Crippen LogP contribution in [-0.4, -0.2) is 35.1 Å². The van der Waals surface area contributed by atoms with E-state index in [4.69, 9.17) is 4.98 Å². The van der Waals surface area contributed by atoms with Crippen LogP contribution in [0.15, 0.2) is 67.0 Å². The van der Waals surface area contributed by atoms with Crippen molar-refractivity contribution in [3.8, 4) is 39.5 Å². The number of aromatic nitrogens is 6. The molecule has 8 heteroatoms. The van der Waals surface area contributed by atoms with Gasteiger partial charge in [-0.2, -0.15) is 10.2 Å². The average molecular weight is 424 g/mol. The topological polar surface area (TPSA) is 95.4 Å². The Morgan fingerprint density at radius 3 is 2.72 bits per heavy atom. The predicted octanol–water partition coefficient (Wildman–Crippen LogP) is 5.02. The number of nitrogens with one attached hydrogen (secondary N) is 2. The first-order valence-electron chi connectivity index (χ1n) is 10.0. The maximum Gasteiger partial charge on any atom is 0.135 e. The quantitative estimate of drug-likeness (QED) is 0.372. The number of phenolic OH excluding ortho intramolecular Hbond substituents is 1. The molecule has 0 aliphatic heterocycles. The highest BCUT2D eigenvalue weighted by atomic mass is 19.1. The van der Waals surface area contributed by atoms with Crippen molar-refractivity contribution in [1.29, 1.82) is 0 Å². The third kappa shape index (κ3) is 2.92. The molecule has 7 nitrogen and oxygen atoms in total. The van der Waals surface area contributed by atoms with Crippen LogP contribution in [0.1, 0.15) is 0 Å². The number of benzene rings is 2. The van der Waals surface area contributed by atoms with Crippen molar-refractivity contribution < 1.29 is 9.50 Å². The van der Waals surface area contributed by atoms with E-state index in [0.29, 0.717) is 11.3 Å². The molecule has 0 unspecified atom stereocenters. The molecule has 0 aliphatic rings. The summed E-state index contributed by atoms with van der Waals surface area (Å²) in [6.45, 7) is 0. The molecule has 0 aliphatic carbocycles. The van der Waals surface area contributed by atoms with Gasteiger partial charge in [-0.05, 0) is 47.5 Å². The Kier molecular flexibility index (Phi) is 3.88. The Morgan fingerprint density at radius 1 is 1.00 bits per heavy atom. The maximum absolute atomic E-state index is 13.9. The van der Waals surface area contributed by atoms with Crippen LogP contribution >= 0.6 is 0 Å². The van der Waals surface area contributed by atoms with Gasteiger partial charge in [0, 0.05) is 35.8 Å². The summed E-state index contributed by atoms with van der Waals surface area (Å²) >= 11 is 0. The van der Waals surface area contributed by atoms with Crippen molar-refractivity contribution in [2.45, 2.75) is 0 Å². The minimum Gasteiger partial charge on any atom is -0.508 e. The summed E-state index contributed by atoms with van der Waals surface area (Å²) in [5.74, 6) is -0.601. The Balaban J connectivity index is 1.51. The molecule has 6 aromatic rings. The molecule has 32 heavy (non-hydrogen) atoms. The fourth-order valence-electron chi connectivity index (χ4n) is 4.07. The van der Waals surface area contributed by atoms with Gasteiger partial charge < -0.3 is 10.1 Å². The Morgan fingerprint density at radius 2 is 1.91 bits per heavy atom. The summed E-state index contributed by atoms with van der Waals surface area (Å²) in [6.07, 6.45) is 3.69. The van der Waals surface area contributed by atoms with E-state index in [-0.39, 0.29) is 5.75 Å². The predicted molar refractivity (Wildman–Crippen MR) is 120 cm³/mol. The summed E-state index contributed by atoms with van der Waals surface area (Å²) in [7, 11) is 1.87. The monoisotopic (exact) mass is 424 g/mol. The third-order valence-corrected chi connectivity index (χ3v) is 5.52. The van der Waals surface area contributed by atoms with Crippen LogP contribution in [0, 0.1) is 5.82 Å². The Bertz CT molecular complexity index is 1610. The molecule has 0 amide bonds. The number of aromatic hydroxyl groups is 1. The Hall–Kier alpha value is -4.46. The summed E-state index contributed by atoms with van der Waals surface area (Å²) in [5.41, 5.74) is 7.05. The van der Waals surface area contributed by atoms with Crippen molar-refractivity contribution in [3.63, 3.8) is 0 Å². The smallest absolute Gasteiger partial charge is 0.135 e. The van der Waals surface area contributed by atoms with Crippen LogP contribution in [0.25, 0.3) is 55.7 Å². The molecule has 4 heterocycles. The minimum absolute atomic E-state index is 0.113. The zero-order valence-corrected chi connectivity index (χ0v) is 17.0. The van der Waals surface area contributed by atoms with E-state index in [0.717, 1.165) is 50.5 Å². The average Bonchev–Trinajstić information content (AvgIpc) is 3.49. The van der Waals surface area contributed by atoms with Crippen LogP contribution in [0.3, 0.4) is 0 Å². The SMILES string of the molecule is Cn1cc(-c2ccc3[nH]nc(-c4cc5c(-c6cc(O)cc(F)c6)cccc5[nH]4)c3n2)cn1. The van der Waals surface area contributed by atoms with Crippen molar-refractivity contribution in [2.75, 3.05) is 0 Å².